The molecule has 1 aliphatic rings. The fourth-order valence-corrected chi connectivity index (χ4v) is 6.09. The number of rotatable bonds is 4. The second-order valence-electron chi connectivity index (χ2n) is 12.7. The van der Waals surface area contributed by atoms with Crippen LogP contribution in [0.3, 0.4) is 0 Å². The van der Waals surface area contributed by atoms with Crippen LogP contribution >= 0.6 is 0 Å². The Hall–Kier alpha value is -6.74. The van der Waals surface area contributed by atoms with Crippen molar-refractivity contribution in [2.45, 2.75) is 24.7 Å². The van der Waals surface area contributed by atoms with E-state index in [4.69, 9.17) is 0 Å². The van der Waals surface area contributed by atoms with Crippen molar-refractivity contribution in [2.24, 2.45) is 0 Å². The third-order valence-electron chi connectivity index (χ3n) is 8.83. The van der Waals surface area contributed by atoms with Gasteiger partial charge in [0.1, 0.15) is 46.0 Å². The first-order valence-electron chi connectivity index (χ1n) is 16.2. The molecule has 0 N–H and O–H groups in total. The average Bonchev–Trinajstić information content (AvgIpc) is 3.15. The molecule has 0 unspecified atom stereocenters. The van der Waals surface area contributed by atoms with Crippen LogP contribution < -0.4 is 0 Å². The highest BCUT2D eigenvalue weighted by Crippen LogP contribution is 2.43. The predicted molar refractivity (Wildman–Crippen MR) is 173 cm³/mol. The van der Waals surface area contributed by atoms with Gasteiger partial charge in [0, 0.05) is 22.3 Å². The predicted octanol–water partition coefficient (Wildman–Crippen LogP) is 11.3. The Morgan fingerprint density at radius 1 is 0.300 bits per heavy atom. The normalized spacial score (nSPS) is 13.4. The number of carbonyl (C=O) groups excluding carboxylic acids is 2. The lowest BCUT2D eigenvalue weighted by Gasteiger charge is -2.21. The Kier molecular flexibility index (Phi) is 9.62. The molecule has 7 rings (SSSR count). The summed E-state index contributed by atoms with van der Waals surface area (Å²) in [4.78, 5) is 43.9. The van der Waals surface area contributed by atoms with Crippen LogP contribution in [0.15, 0.2) is 72.8 Å². The van der Waals surface area contributed by atoms with Crippen LogP contribution in [0.4, 0.5) is 70.2 Å². The third-order valence-corrected chi connectivity index (χ3v) is 8.83. The van der Waals surface area contributed by atoms with Gasteiger partial charge < -0.3 is 0 Å². The van der Waals surface area contributed by atoms with E-state index in [1.807, 2.05) is 0 Å². The average molecular weight is 861 g/mol. The van der Waals surface area contributed by atoms with Crippen LogP contribution in [-0.2, 0) is 24.7 Å². The zero-order valence-corrected chi connectivity index (χ0v) is 28.6. The van der Waals surface area contributed by atoms with Gasteiger partial charge in [0.2, 0.25) is 11.6 Å². The summed E-state index contributed by atoms with van der Waals surface area (Å²) < 4.78 is 223. The molecule has 6 aromatic rings. The number of nitrogens with zero attached hydrogens (tertiary/aromatic N) is 4. The Morgan fingerprint density at radius 2 is 0.483 bits per heavy atom. The molecule has 1 aliphatic carbocycles. The lowest BCUT2D eigenvalue weighted by Crippen LogP contribution is -2.28. The van der Waals surface area contributed by atoms with E-state index in [9.17, 15) is 79.8 Å². The van der Waals surface area contributed by atoms with Crippen LogP contribution in [0.25, 0.3) is 45.0 Å². The standard InChI is InChI=1S/C38H12F16N4O2/c39-21-5-1-13(9-17(21)35(43,44)45)25-26(14-2-6-22(40)18(10-14)36(46,47)48)56-30-29(55-25)33(59)31-32(34(30)60)58-28(16-4-8-24(42)20(12-16)38(52,53)54)27(57-31)15-3-7-23(41)19(11-15)37(49,50)51/h1-12H. The lowest BCUT2D eigenvalue weighted by molar-refractivity contribution is -0.140. The molecule has 4 aromatic carbocycles. The topological polar surface area (TPSA) is 85.7 Å². The van der Waals surface area contributed by atoms with E-state index in [2.05, 4.69) is 19.9 Å². The van der Waals surface area contributed by atoms with Gasteiger partial charge in [0.05, 0.1) is 45.0 Å². The molecule has 0 aliphatic heterocycles. The van der Waals surface area contributed by atoms with Gasteiger partial charge in [0.15, 0.2) is 0 Å². The summed E-state index contributed by atoms with van der Waals surface area (Å²) in [5.74, 6) is -10.4. The van der Waals surface area contributed by atoms with Gasteiger partial charge in [-0.2, -0.15) is 52.7 Å². The Bertz CT molecular complexity index is 2430. The summed E-state index contributed by atoms with van der Waals surface area (Å²) in [6.45, 7) is 0. The molecule has 60 heavy (non-hydrogen) atoms. The van der Waals surface area contributed by atoms with E-state index < -0.39 is 150 Å². The van der Waals surface area contributed by atoms with E-state index in [0.717, 1.165) is 0 Å². The highest BCUT2D eigenvalue weighted by molar-refractivity contribution is 6.26. The number of carbonyl (C=O) groups is 2. The molecule has 6 nitrogen and oxygen atoms in total. The maximum Gasteiger partial charge on any atom is 0.419 e. The molecule has 0 bridgehead atoms. The first-order chi connectivity index (χ1) is 27.8. The molecule has 0 atom stereocenters. The van der Waals surface area contributed by atoms with E-state index in [0.29, 0.717) is 24.3 Å². The van der Waals surface area contributed by atoms with Crippen LogP contribution in [0.1, 0.15) is 54.6 Å². The maximum absolute atomic E-state index is 14.3. The Morgan fingerprint density at radius 3 is 0.650 bits per heavy atom. The number of halogens is 16. The second kappa shape index (κ2) is 13.9. The van der Waals surface area contributed by atoms with Gasteiger partial charge in [-0.15, -0.1) is 0 Å². The van der Waals surface area contributed by atoms with Crippen LogP contribution in [0.5, 0.6) is 0 Å². The fraction of sp³-hybridized carbons (Fsp3) is 0.105. The molecule has 0 fully saturated rings. The van der Waals surface area contributed by atoms with E-state index in [-0.39, 0.29) is 48.5 Å². The SMILES string of the molecule is O=C1c2nc(-c3ccc(F)c(C(F)(F)F)c3)c(-c3ccc(F)c(C(F)(F)F)c3)nc2C(=O)c2nc(-c3ccc(F)c(C(F)(F)F)c3)c(-c3ccc(F)c(C(F)(F)F)c3)nc21. The second-order valence-corrected chi connectivity index (χ2v) is 12.7. The van der Waals surface area contributed by atoms with Gasteiger partial charge >= 0.3 is 24.7 Å². The number of hydrogen-bond acceptors (Lipinski definition) is 6. The van der Waals surface area contributed by atoms with Crippen molar-refractivity contribution in [3.05, 3.63) is 141 Å². The molecule has 0 saturated carbocycles. The summed E-state index contributed by atoms with van der Waals surface area (Å²) >= 11 is 0. The summed E-state index contributed by atoms with van der Waals surface area (Å²) in [5.41, 5.74) is -19.0. The third kappa shape index (κ3) is 7.29. The summed E-state index contributed by atoms with van der Waals surface area (Å²) in [7, 11) is 0. The van der Waals surface area contributed by atoms with Crippen molar-refractivity contribution >= 4 is 11.6 Å². The van der Waals surface area contributed by atoms with Crippen molar-refractivity contribution < 1.29 is 79.8 Å². The van der Waals surface area contributed by atoms with E-state index in [1.54, 1.807) is 0 Å². The molecule has 0 saturated heterocycles. The van der Waals surface area contributed by atoms with Crippen LogP contribution in [0, 0.1) is 23.3 Å². The molecule has 0 amide bonds. The lowest BCUT2D eigenvalue weighted by atomic mass is 9.93. The molecular weight excluding hydrogens is 848 g/mol. The van der Waals surface area contributed by atoms with E-state index >= 15 is 0 Å². The molecule has 2 heterocycles. The van der Waals surface area contributed by atoms with Gasteiger partial charge in [-0.3, -0.25) is 9.59 Å². The minimum atomic E-state index is -5.40. The summed E-state index contributed by atoms with van der Waals surface area (Å²) in [6, 6.07) is 4.13. The maximum atomic E-state index is 14.3. The molecule has 308 valence electrons. The van der Waals surface area contributed by atoms with Crippen molar-refractivity contribution in [1.82, 2.24) is 19.9 Å². The van der Waals surface area contributed by atoms with Crippen molar-refractivity contribution in [3.63, 3.8) is 0 Å². The molecule has 0 spiro atoms. The van der Waals surface area contributed by atoms with Gasteiger partial charge in [-0.25, -0.2) is 37.5 Å². The van der Waals surface area contributed by atoms with Gasteiger partial charge in [-0.05, 0) is 72.8 Å². The number of aromatic nitrogens is 4. The molecule has 2 aromatic heterocycles. The summed E-state index contributed by atoms with van der Waals surface area (Å²) in [6.07, 6.45) is -21.6. The quantitative estimate of drug-likeness (QED) is 0.164. The largest absolute Gasteiger partial charge is 0.419 e. The highest BCUT2D eigenvalue weighted by Gasteiger charge is 2.42. The number of alkyl halides is 12. The van der Waals surface area contributed by atoms with Crippen molar-refractivity contribution in [1.29, 1.82) is 0 Å². The zero-order chi connectivity index (χ0) is 44.0. The first kappa shape index (κ1) is 41.4. The zero-order valence-electron chi connectivity index (χ0n) is 28.6. The van der Waals surface area contributed by atoms with Crippen LogP contribution in [0.2, 0.25) is 0 Å². The molecule has 0 radical (unpaired) electrons. The Balaban J connectivity index is 1.53. The summed E-state index contributed by atoms with van der Waals surface area (Å²) in [5, 5.41) is 0. The number of ketones is 2. The minimum absolute atomic E-state index is 0.126. The van der Waals surface area contributed by atoms with Gasteiger partial charge in [-0.1, -0.05) is 0 Å². The minimum Gasteiger partial charge on any atom is -0.285 e. The van der Waals surface area contributed by atoms with Gasteiger partial charge in [0.25, 0.3) is 0 Å². The number of hydrogen-bond donors (Lipinski definition) is 0. The number of benzene rings is 4. The smallest absolute Gasteiger partial charge is 0.285 e. The molecular formula is C38H12F16N4O2. The van der Waals surface area contributed by atoms with Crippen molar-refractivity contribution in [2.75, 3.05) is 0 Å². The number of fused-ring (bicyclic) bond motifs is 2. The Labute approximate surface area is 322 Å². The van der Waals surface area contributed by atoms with E-state index in [1.165, 1.54) is 0 Å². The first-order valence-corrected chi connectivity index (χ1v) is 16.2. The van der Waals surface area contributed by atoms with Crippen molar-refractivity contribution in [3.8, 4) is 45.0 Å². The fourth-order valence-electron chi connectivity index (χ4n) is 6.09. The van der Waals surface area contributed by atoms with Crippen LogP contribution in [-0.4, -0.2) is 31.5 Å². The highest BCUT2D eigenvalue weighted by atomic mass is 19.4. The monoisotopic (exact) mass is 860 g/mol. The molecule has 22 heteroatoms.